The van der Waals surface area contributed by atoms with Gasteiger partial charge in [0.25, 0.3) is 0 Å². The van der Waals surface area contributed by atoms with E-state index in [1.807, 2.05) is 13.0 Å². The molecule has 4 rings (SSSR count). The van der Waals surface area contributed by atoms with Gasteiger partial charge in [0, 0.05) is 12.8 Å². The molecule has 0 aromatic rings. The maximum atomic E-state index is 12.5. The van der Waals surface area contributed by atoms with E-state index in [1.165, 1.54) is 18.4 Å². The molecule has 0 unspecified atom stereocenters. The Kier molecular flexibility index (Phi) is 3.28. The van der Waals surface area contributed by atoms with E-state index in [2.05, 4.69) is 19.9 Å². The quantitative estimate of drug-likeness (QED) is 0.610. The molecule has 3 fully saturated rings. The molecule has 0 aromatic carbocycles. The lowest BCUT2D eigenvalue weighted by molar-refractivity contribution is -0.117. The first-order valence-corrected chi connectivity index (χ1v) is 9.34. The molecule has 2 nitrogen and oxygen atoms in total. The minimum Gasteiger partial charge on any atom is -0.295 e. The van der Waals surface area contributed by atoms with Gasteiger partial charge in [-0.15, -0.1) is 0 Å². The van der Waals surface area contributed by atoms with Crippen molar-refractivity contribution in [3.05, 3.63) is 23.3 Å². The fraction of sp³-hybridized carbons (Fsp3) is 0.714. The van der Waals surface area contributed by atoms with Gasteiger partial charge in [-0.2, -0.15) is 0 Å². The zero-order valence-electron chi connectivity index (χ0n) is 14.7. The molecule has 0 spiro atoms. The van der Waals surface area contributed by atoms with Crippen LogP contribution in [0.5, 0.6) is 0 Å². The third-order valence-corrected chi connectivity index (χ3v) is 7.96. The number of hydrogen-bond donors (Lipinski definition) is 0. The van der Waals surface area contributed by atoms with Crippen LogP contribution in [0.25, 0.3) is 0 Å². The summed E-state index contributed by atoms with van der Waals surface area (Å²) >= 11 is 0. The zero-order valence-corrected chi connectivity index (χ0v) is 14.7. The highest BCUT2D eigenvalue weighted by molar-refractivity contribution is 5.99. The summed E-state index contributed by atoms with van der Waals surface area (Å²) in [5, 5.41) is 0. The number of allylic oxidation sites excluding steroid dienone is 3. The minimum atomic E-state index is 0.106. The molecule has 4 aliphatic rings. The fourth-order valence-corrected chi connectivity index (χ4v) is 6.71. The zero-order chi connectivity index (χ0) is 16.4. The van der Waals surface area contributed by atoms with Gasteiger partial charge in [0.15, 0.2) is 11.6 Å². The highest BCUT2D eigenvalue weighted by Gasteiger charge is 2.59. The molecule has 0 saturated heterocycles. The Labute approximate surface area is 139 Å². The smallest absolute Gasteiger partial charge is 0.159 e. The van der Waals surface area contributed by atoms with E-state index < -0.39 is 0 Å². The summed E-state index contributed by atoms with van der Waals surface area (Å²) in [5.41, 5.74) is 2.83. The van der Waals surface area contributed by atoms with E-state index in [9.17, 15) is 9.59 Å². The second kappa shape index (κ2) is 4.91. The van der Waals surface area contributed by atoms with Crippen molar-refractivity contribution >= 4 is 11.6 Å². The van der Waals surface area contributed by atoms with Crippen LogP contribution in [0.4, 0.5) is 0 Å². The molecular weight excluding hydrogens is 284 g/mol. The largest absolute Gasteiger partial charge is 0.295 e. The van der Waals surface area contributed by atoms with Crippen molar-refractivity contribution in [2.45, 2.75) is 65.7 Å². The molecule has 0 aromatic heterocycles. The number of carbonyl (C=O) groups excluding carboxylic acids is 2. The predicted molar refractivity (Wildman–Crippen MR) is 90.9 cm³/mol. The molecule has 0 aliphatic heterocycles. The molecular formula is C21H28O2. The number of ketones is 2. The maximum Gasteiger partial charge on any atom is 0.159 e. The topological polar surface area (TPSA) is 34.1 Å². The molecule has 0 N–H and O–H groups in total. The van der Waals surface area contributed by atoms with Crippen molar-refractivity contribution in [3.63, 3.8) is 0 Å². The van der Waals surface area contributed by atoms with Crippen LogP contribution in [0.3, 0.4) is 0 Å². The van der Waals surface area contributed by atoms with E-state index in [4.69, 9.17) is 0 Å². The first kappa shape index (κ1) is 15.4. The molecule has 0 heterocycles. The summed E-state index contributed by atoms with van der Waals surface area (Å²) in [6.07, 6.45) is 11.1. The monoisotopic (exact) mass is 312 g/mol. The van der Waals surface area contributed by atoms with Crippen molar-refractivity contribution in [2.75, 3.05) is 0 Å². The van der Waals surface area contributed by atoms with Crippen molar-refractivity contribution in [2.24, 2.45) is 28.6 Å². The van der Waals surface area contributed by atoms with Crippen molar-refractivity contribution < 1.29 is 9.59 Å². The van der Waals surface area contributed by atoms with Crippen LogP contribution in [0.1, 0.15) is 65.7 Å². The van der Waals surface area contributed by atoms with E-state index in [0.29, 0.717) is 35.7 Å². The number of rotatable bonds is 0. The van der Waals surface area contributed by atoms with Gasteiger partial charge < -0.3 is 0 Å². The van der Waals surface area contributed by atoms with Crippen molar-refractivity contribution in [1.29, 1.82) is 0 Å². The number of fused-ring (bicyclic) bond motifs is 5. The highest BCUT2D eigenvalue weighted by atomic mass is 16.1. The first-order valence-electron chi connectivity index (χ1n) is 9.34. The van der Waals surface area contributed by atoms with Crippen LogP contribution in [0, 0.1) is 28.6 Å². The first-order chi connectivity index (χ1) is 10.9. The summed E-state index contributed by atoms with van der Waals surface area (Å²) in [6, 6.07) is 0. The highest BCUT2D eigenvalue weighted by Crippen LogP contribution is 2.65. The molecule has 4 aliphatic carbocycles. The van der Waals surface area contributed by atoms with Gasteiger partial charge in [-0.05, 0) is 79.3 Å². The molecule has 2 heteroatoms. The standard InChI is InChI=1S/C21H28O2/c1-4-16-19(23)12-18-15-6-5-13-11-14(22)7-9-20(13,2)17(15)8-10-21(16,18)3/h4,11,15,17-18H,5-10,12H2,1-3H3/t15-,17-,18-,20-,21+/m0/s1. The van der Waals surface area contributed by atoms with Crippen LogP contribution in [0.2, 0.25) is 0 Å². The van der Waals surface area contributed by atoms with E-state index >= 15 is 0 Å². The number of Topliss-reactive ketones (excluding diaryl/α,β-unsaturated/α-hetero) is 1. The fourth-order valence-electron chi connectivity index (χ4n) is 6.71. The van der Waals surface area contributed by atoms with Gasteiger partial charge in [-0.1, -0.05) is 25.5 Å². The Bertz CT molecular complexity index is 640. The van der Waals surface area contributed by atoms with Crippen molar-refractivity contribution in [3.8, 4) is 0 Å². The Morgan fingerprint density at radius 1 is 1.04 bits per heavy atom. The molecule has 0 amide bonds. The number of carbonyl (C=O) groups is 2. The van der Waals surface area contributed by atoms with Crippen LogP contribution in [-0.2, 0) is 9.59 Å². The number of hydrogen-bond acceptors (Lipinski definition) is 2. The Morgan fingerprint density at radius 3 is 2.57 bits per heavy atom. The third-order valence-electron chi connectivity index (χ3n) is 7.96. The molecule has 5 atom stereocenters. The van der Waals surface area contributed by atoms with Crippen molar-refractivity contribution in [1.82, 2.24) is 0 Å². The van der Waals surface area contributed by atoms with E-state index in [0.717, 1.165) is 31.3 Å². The lowest BCUT2D eigenvalue weighted by Crippen LogP contribution is -2.49. The van der Waals surface area contributed by atoms with Gasteiger partial charge in [0.1, 0.15) is 0 Å². The maximum absolute atomic E-state index is 12.5. The summed E-state index contributed by atoms with van der Waals surface area (Å²) < 4.78 is 0. The summed E-state index contributed by atoms with van der Waals surface area (Å²) in [6.45, 7) is 6.77. The molecule has 124 valence electrons. The summed E-state index contributed by atoms with van der Waals surface area (Å²) in [7, 11) is 0. The molecule has 0 radical (unpaired) electrons. The second-order valence-corrected chi connectivity index (χ2v) is 8.75. The Morgan fingerprint density at radius 2 is 1.83 bits per heavy atom. The van der Waals surface area contributed by atoms with E-state index in [-0.39, 0.29) is 10.8 Å². The minimum absolute atomic E-state index is 0.106. The third kappa shape index (κ3) is 1.93. The average molecular weight is 312 g/mol. The van der Waals surface area contributed by atoms with Gasteiger partial charge in [-0.25, -0.2) is 0 Å². The Balaban J connectivity index is 1.72. The van der Waals surface area contributed by atoms with Gasteiger partial charge in [0.2, 0.25) is 0 Å². The van der Waals surface area contributed by atoms with Crippen LogP contribution in [0.15, 0.2) is 23.3 Å². The van der Waals surface area contributed by atoms with Gasteiger partial charge in [-0.3, -0.25) is 9.59 Å². The van der Waals surface area contributed by atoms with Gasteiger partial charge >= 0.3 is 0 Å². The van der Waals surface area contributed by atoms with Crippen LogP contribution in [-0.4, -0.2) is 11.6 Å². The summed E-state index contributed by atoms with van der Waals surface area (Å²) in [5.74, 6) is 2.56. The molecule has 3 saturated carbocycles. The predicted octanol–water partition coefficient (Wildman–Crippen LogP) is 4.64. The SMILES string of the molecule is CC=C1C(=O)C[C@H]2[C@H]3CCC4=CC(=O)CC[C@]4(C)[C@H]3CC[C@]12C. The Hall–Kier alpha value is -1.18. The van der Waals surface area contributed by atoms with E-state index in [1.54, 1.807) is 0 Å². The van der Waals surface area contributed by atoms with Crippen LogP contribution >= 0.6 is 0 Å². The average Bonchev–Trinajstić information content (AvgIpc) is 2.77. The van der Waals surface area contributed by atoms with Gasteiger partial charge in [0.05, 0.1) is 0 Å². The molecule has 23 heavy (non-hydrogen) atoms. The summed E-state index contributed by atoms with van der Waals surface area (Å²) in [4.78, 5) is 24.4. The lowest BCUT2D eigenvalue weighted by Gasteiger charge is -2.57. The molecule has 0 bridgehead atoms. The second-order valence-electron chi connectivity index (χ2n) is 8.75. The van der Waals surface area contributed by atoms with Crippen LogP contribution < -0.4 is 0 Å². The lowest BCUT2D eigenvalue weighted by atomic mass is 9.47. The normalized spacial score (nSPS) is 47.9.